The molecule has 2 amide bonds. The van der Waals surface area contributed by atoms with Gasteiger partial charge in [-0.15, -0.1) is 11.3 Å². The number of carbonyl (C=O) groups is 2. The van der Waals surface area contributed by atoms with Crippen LogP contribution in [0.5, 0.6) is 5.75 Å². The van der Waals surface area contributed by atoms with Crippen LogP contribution in [0.1, 0.15) is 42.2 Å². The van der Waals surface area contributed by atoms with E-state index in [1.165, 1.54) is 41.5 Å². The second-order valence-electron chi connectivity index (χ2n) is 8.29. The molecule has 3 heterocycles. The van der Waals surface area contributed by atoms with Crippen LogP contribution in [-0.4, -0.2) is 59.2 Å². The van der Waals surface area contributed by atoms with Crippen molar-refractivity contribution in [3.05, 3.63) is 57.1 Å². The quantitative estimate of drug-likeness (QED) is 0.386. The topological polar surface area (TPSA) is 61.9 Å². The van der Waals surface area contributed by atoms with E-state index in [0.29, 0.717) is 15.8 Å². The minimum absolute atomic E-state index is 0.0770. The van der Waals surface area contributed by atoms with Crippen molar-refractivity contribution in [3.8, 4) is 5.75 Å². The molecule has 4 rings (SSSR count). The number of benzene rings is 1. The van der Waals surface area contributed by atoms with Crippen molar-refractivity contribution in [2.75, 3.05) is 33.3 Å². The Balaban J connectivity index is 1.33. The van der Waals surface area contributed by atoms with Crippen LogP contribution in [0.15, 0.2) is 46.7 Å². The molecule has 1 aromatic carbocycles. The molecule has 0 aliphatic carbocycles. The molecule has 2 fully saturated rings. The monoisotopic (exact) mass is 515 g/mol. The van der Waals surface area contributed by atoms with Crippen LogP contribution in [0.25, 0.3) is 6.08 Å². The van der Waals surface area contributed by atoms with Crippen LogP contribution in [-0.2, 0) is 9.59 Å². The third-order valence-electron chi connectivity index (χ3n) is 6.08. The fourth-order valence-corrected chi connectivity index (χ4v) is 6.25. The normalized spacial score (nSPS) is 19.0. The fourth-order valence-electron chi connectivity index (χ4n) is 4.22. The van der Waals surface area contributed by atoms with Crippen LogP contribution in [0.2, 0.25) is 0 Å². The highest BCUT2D eigenvalue weighted by Crippen LogP contribution is 2.33. The van der Waals surface area contributed by atoms with Crippen molar-refractivity contribution >= 4 is 57.5 Å². The maximum atomic E-state index is 12.8. The molecule has 2 saturated heterocycles. The number of amides is 2. The number of rotatable bonds is 9. The number of carbonyl (C=O) groups excluding carboxylic acids is 2. The standard InChI is InChI=1S/C25H29N3O3S3/c1-31-19-9-7-18(8-10-19)21(27-12-3-2-4-13-27)17-26-23(29)11-14-28-24(30)22(34-25(28)32)16-20-6-5-15-33-20/h5-10,15-16,21H,2-4,11-14,17H2,1H3,(H,26,29)/b22-16-. The summed E-state index contributed by atoms with van der Waals surface area (Å²) in [4.78, 5) is 31.1. The minimum Gasteiger partial charge on any atom is -0.497 e. The Hall–Kier alpha value is -2.20. The first-order chi connectivity index (χ1) is 16.5. The van der Waals surface area contributed by atoms with E-state index in [9.17, 15) is 9.59 Å². The lowest BCUT2D eigenvalue weighted by atomic mass is 10.0. The van der Waals surface area contributed by atoms with E-state index in [2.05, 4.69) is 22.3 Å². The van der Waals surface area contributed by atoms with E-state index < -0.39 is 0 Å². The number of thiocarbonyl (C=S) groups is 1. The largest absolute Gasteiger partial charge is 0.497 e. The summed E-state index contributed by atoms with van der Waals surface area (Å²) in [5.74, 6) is 0.620. The van der Waals surface area contributed by atoms with Gasteiger partial charge in [0.25, 0.3) is 5.91 Å². The molecule has 1 aromatic heterocycles. The van der Waals surface area contributed by atoms with Gasteiger partial charge in [-0.05, 0) is 61.1 Å². The highest BCUT2D eigenvalue weighted by Gasteiger charge is 2.32. The Morgan fingerprint density at radius 2 is 1.97 bits per heavy atom. The van der Waals surface area contributed by atoms with E-state index in [1.54, 1.807) is 18.4 Å². The fraction of sp³-hybridized carbons (Fsp3) is 0.400. The minimum atomic E-state index is -0.124. The molecule has 1 N–H and O–H groups in total. The van der Waals surface area contributed by atoms with Gasteiger partial charge in [0.2, 0.25) is 5.91 Å². The Kier molecular flexibility index (Phi) is 8.77. The molecule has 0 saturated carbocycles. The maximum Gasteiger partial charge on any atom is 0.266 e. The third kappa shape index (κ3) is 6.27. The number of thiophene rings is 1. The number of likely N-dealkylation sites (tertiary alicyclic amines) is 1. The summed E-state index contributed by atoms with van der Waals surface area (Å²) in [6, 6.07) is 12.1. The molecule has 2 aliphatic heterocycles. The molecule has 1 unspecified atom stereocenters. The van der Waals surface area contributed by atoms with Gasteiger partial charge in [-0.25, -0.2) is 0 Å². The van der Waals surface area contributed by atoms with Gasteiger partial charge in [0.05, 0.1) is 18.1 Å². The van der Waals surface area contributed by atoms with E-state index in [-0.39, 0.29) is 30.8 Å². The van der Waals surface area contributed by atoms with Crippen LogP contribution in [0, 0.1) is 0 Å². The number of thioether (sulfide) groups is 1. The van der Waals surface area contributed by atoms with Crippen LogP contribution in [0.3, 0.4) is 0 Å². The highest BCUT2D eigenvalue weighted by atomic mass is 32.2. The molecule has 0 spiro atoms. The van der Waals surface area contributed by atoms with Crippen molar-refractivity contribution in [2.45, 2.75) is 31.7 Å². The number of ether oxygens (including phenoxy) is 1. The predicted molar refractivity (Wildman–Crippen MR) is 143 cm³/mol. The summed E-state index contributed by atoms with van der Waals surface area (Å²) in [6.07, 6.45) is 5.68. The molecular weight excluding hydrogens is 486 g/mol. The number of hydrogen-bond donors (Lipinski definition) is 1. The van der Waals surface area contributed by atoms with Crippen molar-refractivity contribution in [1.29, 1.82) is 0 Å². The molecule has 1 atom stereocenters. The molecule has 9 heteroatoms. The summed E-state index contributed by atoms with van der Waals surface area (Å²) in [7, 11) is 1.66. The second kappa shape index (κ2) is 12.0. The summed E-state index contributed by atoms with van der Waals surface area (Å²) in [5.41, 5.74) is 1.17. The number of nitrogens with one attached hydrogen (secondary N) is 1. The van der Waals surface area contributed by atoms with Gasteiger partial charge in [-0.2, -0.15) is 0 Å². The first-order valence-corrected chi connectivity index (χ1v) is 13.6. The van der Waals surface area contributed by atoms with Gasteiger partial charge in [-0.1, -0.05) is 48.6 Å². The maximum absolute atomic E-state index is 12.8. The lowest BCUT2D eigenvalue weighted by Crippen LogP contribution is -2.41. The summed E-state index contributed by atoms with van der Waals surface area (Å²) >= 11 is 8.27. The molecule has 180 valence electrons. The zero-order valence-electron chi connectivity index (χ0n) is 19.2. The van der Waals surface area contributed by atoms with Gasteiger partial charge in [0.1, 0.15) is 10.1 Å². The molecule has 2 aliphatic rings. The Bertz CT molecular complexity index is 1030. The number of nitrogens with zero attached hydrogens (tertiary/aromatic N) is 2. The van der Waals surface area contributed by atoms with E-state index in [1.807, 2.05) is 35.7 Å². The van der Waals surface area contributed by atoms with Crippen LogP contribution < -0.4 is 10.1 Å². The molecule has 2 aromatic rings. The SMILES string of the molecule is COc1ccc(C(CNC(=O)CCN2C(=O)/C(=C/c3cccs3)SC2=S)N2CCCCC2)cc1. The van der Waals surface area contributed by atoms with Crippen molar-refractivity contribution in [3.63, 3.8) is 0 Å². The highest BCUT2D eigenvalue weighted by molar-refractivity contribution is 8.26. The second-order valence-corrected chi connectivity index (χ2v) is 10.9. The van der Waals surface area contributed by atoms with Crippen LogP contribution >= 0.6 is 35.3 Å². The van der Waals surface area contributed by atoms with Gasteiger partial charge in [0, 0.05) is 24.4 Å². The van der Waals surface area contributed by atoms with Gasteiger partial charge in [0.15, 0.2) is 0 Å². The average molecular weight is 516 g/mol. The van der Waals surface area contributed by atoms with E-state index in [4.69, 9.17) is 17.0 Å². The van der Waals surface area contributed by atoms with Gasteiger partial charge >= 0.3 is 0 Å². The van der Waals surface area contributed by atoms with E-state index in [0.717, 1.165) is 23.7 Å². The van der Waals surface area contributed by atoms with Crippen molar-refractivity contribution in [1.82, 2.24) is 15.1 Å². The summed E-state index contributed by atoms with van der Waals surface area (Å²) in [5, 5.41) is 5.07. The number of hydrogen-bond acceptors (Lipinski definition) is 7. The predicted octanol–water partition coefficient (Wildman–Crippen LogP) is 4.69. The molecule has 0 radical (unpaired) electrons. The third-order valence-corrected chi connectivity index (χ3v) is 8.27. The molecule has 34 heavy (non-hydrogen) atoms. The molecule has 6 nitrogen and oxygen atoms in total. The van der Waals surface area contributed by atoms with Gasteiger partial charge < -0.3 is 10.1 Å². The van der Waals surface area contributed by atoms with Crippen molar-refractivity contribution in [2.24, 2.45) is 0 Å². The van der Waals surface area contributed by atoms with Gasteiger partial charge in [-0.3, -0.25) is 19.4 Å². The first-order valence-electron chi connectivity index (χ1n) is 11.5. The Morgan fingerprint density at radius 1 is 1.21 bits per heavy atom. The smallest absolute Gasteiger partial charge is 0.266 e. The number of piperidine rings is 1. The summed E-state index contributed by atoms with van der Waals surface area (Å²) in [6.45, 7) is 2.87. The zero-order valence-corrected chi connectivity index (χ0v) is 21.6. The Morgan fingerprint density at radius 3 is 2.65 bits per heavy atom. The lowest BCUT2D eigenvalue weighted by Gasteiger charge is -2.35. The Labute approximate surface area is 214 Å². The molecular formula is C25H29N3O3S3. The van der Waals surface area contributed by atoms with Crippen molar-refractivity contribution < 1.29 is 14.3 Å². The lowest BCUT2D eigenvalue weighted by molar-refractivity contribution is -0.124. The van der Waals surface area contributed by atoms with E-state index >= 15 is 0 Å². The molecule has 0 bridgehead atoms. The average Bonchev–Trinajstić information content (AvgIpc) is 3.47. The number of methoxy groups -OCH3 is 1. The van der Waals surface area contributed by atoms with Crippen LogP contribution in [0.4, 0.5) is 0 Å². The zero-order chi connectivity index (χ0) is 23.9. The first kappa shape index (κ1) is 24.9. The summed E-state index contributed by atoms with van der Waals surface area (Å²) < 4.78 is 5.80.